The van der Waals surface area contributed by atoms with Gasteiger partial charge in [0.2, 0.25) is 0 Å². The summed E-state index contributed by atoms with van der Waals surface area (Å²) in [6, 6.07) is 9.67. The van der Waals surface area contributed by atoms with Gasteiger partial charge in [0.25, 0.3) is 0 Å². The third-order valence-electron chi connectivity index (χ3n) is 3.50. The van der Waals surface area contributed by atoms with Crippen LogP contribution < -0.4 is 0 Å². The Bertz CT molecular complexity index is 875. The standard InChI is InChI=1S/C17H15N3O2S/c1-17(2,16(21)22)23-14-10-18-8-7-12(14)13-5-3-4-11-6-9-19-20-15(11)13/h3-10H,1-2H3,(H,21,22). The molecule has 0 spiro atoms. The van der Waals surface area contributed by atoms with Crippen LogP contribution in [0.15, 0.2) is 53.8 Å². The second kappa shape index (κ2) is 5.96. The molecule has 6 heteroatoms. The number of carboxylic acids is 1. The molecule has 0 saturated heterocycles. The number of rotatable bonds is 4. The van der Waals surface area contributed by atoms with Gasteiger partial charge in [0.1, 0.15) is 10.3 Å². The molecular formula is C17H15N3O2S. The fraction of sp³-hybridized carbons (Fsp3) is 0.176. The van der Waals surface area contributed by atoms with E-state index in [-0.39, 0.29) is 0 Å². The fourth-order valence-electron chi connectivity index (χ4n) is 2.23. The topological polar surface area (TPSA) is 76.0 Å². The molecule has 1 N–H and O–H groups in total. The van der Waals surface area contributed by atoms with Gasteiger partial charge in [0.05, 0.1) is 6.20 Å². The van der Waals surface area contributed by atoms with Crippen molar-refractivity contribution < 1.29 is 9.90 Å². The van der Waals surface area contributed by atoms with Gasteiger partial charge >= 0.3 is 5.97 Å². The number of nitrogens with zero attached hydrogens (tertiary/aromatic N) is 3. The average molecular weight is 325 g/mol. The van der Waals surface area contributed by atoms with Gasteiger partial charge in [-0.2, -0.15) is 5.10 Å². The Morgan fingerprint density at radius 1 is 1.13 bits per heavy atom. The summed E-state index contributed by atoms with van der Waals surface area (Å²) < 4.78 is -0.950. The Morgan fingerprint density at radius 2 is 1.96 bits per heavy atom. The smallest absolute Gasteiger partial charge is 0.319 e. The molecule has 3 rings (SSSR count). The lowest BCUT2D eigenvalue weighted by Gasteiger charge is -2.20. The van der Waals surface area contributed by atoms with Crippen LogP contribution in [0.1, 0.15) is 13.8 Å². The van der Waals surface area contributed by atoms with E-state index in [0.717, 1.165) is 26.9 Å². The number of pyridine rings is 1. The van der Waals surface area contributed by atoms with Gasteiger partial charge in [-0.25, -0.2) is 0 Å². The SMILES string of the molecule is CC(C)(Sc1cnccc1-c1cccc2ccnnc12)C(=O)O. The number of aliphatic carboxylic acids is 1. The number of hydrogen-bond acceptors (Lipinski definition) is 5. The van der Waals surface area contributed by atoms with Crippen molar-refractivity contribution in [2.45, 2.75) is 23.5 Å². The molecule has 0 radical (unpaired) electrons. The van der Waals surface area contributed by atoms with Crippen molar-refractivity contribution in [3.8, 4) is 11.1 Å². The molecule has 0 amide bonds. The summed E-state index contributed by atoms with van der Waals surface area (Å²) in [5, 5.41) is 18.6. The molecule has 2 aromatic heterocycles. The summed E-state index contributed by atoms with van der Waals surface area (Å²) in [7, 11) is 0. The van der Waals surface area contributed by atoms with E-state index in [1.54, 1.807) is 32.4 Å². The average Bonchev–Trinajstić information content (AvgIpc) is 2.54. The predicted molar refractivity (Wildman–Crippen MR) is 90.3 cm³/mol. The van der Waals surface area contributed by atoms with E-state index < -0.39 is 10.7 Å². The normalized spacial score (nSPS) is 11.6. The Balaban J connectivity index is 2.15. The minimum Gasteiger partial charge on any atom is -0.480 e. The lowest BCUT2D eigenvalue weighted by atomic mass is 10.0. The van der Waals surface area contributed by atoms with Gasteiger partial charge < -0.3 is 5.11 Å². The maximum Gasteiger partial charge on any atom is 0.319 e. The van der Waals surface area contributed by atoms with E-state index in [0.29, 0.717) is 0 Å². The highest BCUT2D eigenvalue weighted by Crippen LogP contribution is 2.39. The van der Waals surface area contributed by atoms with Crippen molar-refractivity contribution in [2.24, 2.45) is 0 Å². The summed E-state index contributed by atoms with van der Waals surface area (Å²) in [6.45, 7) is 3.36. The molecule has 2 heterocycles. The molecule has 0 unspecified atom stereocenters. The van der Waals surface area contributed by atoms with Crippen molar-refractivity contribution in [2.75, 3.05) is 0 Å². The van der Waals surface area contributed by atoms with Crippen LogP contribution in [0.5, 0.6) is 0 Å². The van der Waals surface area contributed by atoms with Gasteiger partial charge in [-0.05, 0) is 26.0 Å². The predicted octanol–water partition coefficient (Wildman–Crippen LogP) is 3.65. The van der Waals surface area contributed by atoms with Crippen LogP contribution in [-0.4, -0.2) is 31.0 Å². The number of aromatic nitrogens is 3. The van der Waals surface area contributed by atoms with Crippen molar-refractivity contribution in [3.05, 3.63) is 48.9 Å². The molecule has 5 nitrogen and oxygen atoms in total. The van der Waals surface area contributed by atoms with E-state index in [2.05, 4.69) is 15.2 Å². The highest BCUT2D eigenvalue weighted by molar-refractivity contribution is 8.01. The first kappa shape index (κ1) is 15.4. The van der Waals surface area contributed by atoms with E-state index in [1.165, 1.54) is 11.8 Å². The van der Waals surface area contributed by atoms with Crippen LogP contribution in [0.3, 0.4) is 0 Å². The minimum atomic E-state index is -0.950. The van der Waals surface area contributed by atoms with E-state index >= 15 is 0 Å². The fourth-order valence-corrected chi connectivity index (χ4v) is 3.27. The molecule has 0 aliphatic carbocycles. The highest BCUT2D eigenvalue weighted by Gasteiger charge is 2.29. The minimum absolute atomic E-state index is 0.788. The first-order valence-electron chi connectivity index (χ1n) is 7.06. The molecule has 0 saturated carbocycles. The van der Waals surface area contributed by atoms with Gasteiger partial charge in [0, 0.05) is 33.8 Å². The molecule has 0 atom stereocenters. The zero-order valence-electron chi connectivity index (χ0n) is 12.7. The maximum absolute atomic E-state index is 11.4. The van der Waals surface area contributed by atoms with Crippen molar-refractivity contribution >= 4 is 28.6 Å². The van der Waals surface area contributed by atoms with Gasteiger partial charge in [0.15, 0.2) is 0 Å². The first-order valence-corrected chi connectivity index (χ1v) is 7.88. The lowest BCUT2D eigenvalue weighted by Crippen LogP contribution is -2.27. The van der Waals surface area contributed by atoms with E-state index in [4.69, 9.17) is 0 Å². The lowest BCUT2D eigenvalue weighted by molar-refractivity contribution is -0.138. The molecule has 1 aromatic carbocycles. The summed E-state index contributed by atoms with van der Waals surface area (Å²) in [4.78, 5) is 16.4. The highest BCUT2D eigenvalue weighted by atomic mass is 32.2. The molecule has 23 heavy (non-hydrogen) atoms. The van der Waals surface area contributed by atoms with Crippen molar-refractivity contribution in [1.82, 2.24) is 15.2 Å². The molecule has 0 aliphatic rings. The Labute approximate surface area is 137 Å². The second-order valence-electron chi connectivity index (χ2n) is 5.56. The van der Waals surface area contributed by atoms with Gasteiger partial charge in [-0.15, -0.1) is 16.9 Å². The van der Waals surface area contributed by atoms with Crippen LogP contribution in [0.25, 0.3) is 22.0 Å². The molecule has 0 fully saturated rings. The summed E-state index contributed by atoms with van der Waals surface area (Å²) in [5.74, 6) is -0.866. The number of carboxylic acid groups (broad SMARTS) is 1. The van der Waals surface area contributed by atoms with Crippen LogP contribution in [-0.2, 0) is 4.79 Å². The Kier molecular flexibility index (Phi) is 4.00. The quantitative estimate of drug-likeness (QED) is 0.738. The Hall–Kier alpha value is -2.47. The third-order valence-corrected chi connectivity index (χ3v) is 4.73. The van der Waals surface area contributed by atoms with Crippen LogP contribution in [0.4, 0.5) is 0 Å². The molecule has 0 aliphatic heterocycles. The van der Waals surface area contributed by atoms with E-state index in [9.17, 15) is 9.90 Å². The van der Waals surface area contributed by atoms with Crippen molar-refractivity contribution in [3.63, 3.8) is 0 Å². The number of carbonyl (C=O) groups is 1. The van der Waals surface area contributed by atoms with Crippen LogP contribution in [0, 0.1) is 0 Å². The zero-order valence-corrected chi connectivity index (χ0v) is 13.5. The van der Waals surface area contributed by atoms with E-state index in [1.807, 2.05) is 30.3 Å². The second-order valence-corrected chi connectivity index (χ2v) is 7.23. The Morgan fingerprint density at radius 3 is 2.74 bits per heavy atom. The summed E-state index contributed by atoms with van der Waals surface area (Å²) in [6.07, 6.45) is 5.05. The molecular weight excluding hydrogens is 310 g/mol. The number of thioether (sulfide) groups is 1. The maximum atomic E-state index is 11.4. The monoisotopic (exact) mass is 325 g/mol. The number of benzene rings is 1. The number of hydrogen-bond donors (Lipinski definition) is 1. The molecule has 3 aromatic rings. The first-order chi connectivity index (χ1) is 11.0. The molecule has 116 valence electrons. The van der Waals surface area contributed by atoms with Crippen molar-refractivity contribution in [1.29, 1.82) is 0 Å². The largest absolute Gasteiger partial charge is 0.480 e. The molecule has 0 bridgehead atoms. The third kappa shape index (κ3) is 3.03. The summed E-state index contributed by atoms with van der Waals surface area (Å²) in [5.41, 5.74) is 2.61. The van der Waals surface area contributed by atoms with Gasteiger partial charge in [-0.3, -0.25) is 9.78 Å². The number of fused-ring (bicyclic) bond motifs is 1. The van der Waals surface area contributed by atoms with Crippen LogP contribution in [0.2, 0.25) is 0 Å². The van der Waals surface area contributed by atoms with Crippen LogP contribution >= 0.6 is 11.8 Å². The van der Waals surface area contributed by atoms with Gasteiger partial charge in [-0.1, -0.05) is 18.2 Å². The summed E-state index contributed by atoms with van der Waals surface area (Å²) >= 11 is 1.27. The zero-order chi connectivity index (χ0) is 16.4.